The van der Waals surface area contributed by atoms with Crippen molar-refractivity contribution in [3.8, 4) is 12.8 Å². The van der Waals surface area contributed by atoms with Crippen LogP contribution in [-0.4, -0.2) is 0 Å². The van der Waals surface area contributed by atoms with Crippen molar-refractivity contribution in [1.82, 2.24) is 0 Å². The van der Waals surface area contributed by atoms with E-state index >= 15 is 0 Å². The van der Waals surface area contributed by atoms with Gasteiger partial charge in [0.25, 0.3) is 0 Å². The van der Waals surface area contributed by atoms with E-state index in [1.807, 2.05) is 0 Å². The van der Waals surface area contributed by atoms with Gasteiger partial charge in [0.05, 0.1) is 0 Å². The molecule has 3 rings (SSSR count). The molecule has 0 nitrogen and oxygen atoms in total. The smallest absolute Gasteiger partial charge is 0.0162 e. The first kappa shape index (κ1) is 18.3. The fourth-order valence-electron chi connectivity index (χ4n) is 3.59. The number of rotatable bonds is 4. The van der Waals surface area contributed by atoms with Gasteiger partial charge in [0.2, 0.25) is 0 Å². The molecule has 1 saturated carbocycles. The summed E-state index contributed by atoms with van der Waals surface area (Å²) in [4.78, 5) is 0. The summed E-state index contributed by atoms with van der Waals surface area (Å²) in [6.07, 6.45) is 15.8. The van der Waals surface area contributed by atoms with Crippen LogP contribution >= 0.6 is 0 Å². The third kappa shape index (κ3) is 5.27. The van der Waals surface area contributed by atoms with Crippen LogP contribution in [0, 0.1) is 25.7 Å². The second kappa shape index (κ2) is 9.33. The Morgan fingerprint density at radius 2 is 1.21 bits per heavy atom. The van der Waals surface area contributed by atoms with Crippen molar-refractivity contribution in [1.29, 1.82) is 0 Å². The van der Waals surface area contributed by atoms with Crippen LogP contribution in [0.3, 0.4) is 0 Å². The molecule has 0 bridgehead atoms. The van der Waals surface area contributed by atoms with Gasteiger partial charge in [-0.1, -0.05) is 73.9 Å². The van der Waals surface area contributed by atoms with E-state index in [0.717, 1.165) is 24.7 Å². The largest absolute Gasteiger partial charge is 0.124 e. The quantitative estimate of drug-likeness (QED) is 0.578. The molecule has 126 valence electrons. The Morgan fingerprint density at radius 3 is 1.71 bits per heavy atom. The lowest BCUT2D eigenvalue weighted by atomic mass is 9.79. The molecule has 1 aliphatic carbocycles. The molecule has 0 N–H and O–H groups in total. The van der Waals surface area contributed by atoms with E-state index in [-0.39, 0.29) is 0 Å². The lowest BCUT2D eigenvalue weighted by Gasteiger charge is -2.26. The highest BCUT2D eigenvalue weighted by atomic mass is 14.2. The molecule has 2 aromatic rings. The predicted octanol–water partition coefficient (Wildman–Crippen LogP) is 6.32. The molecule has 1 aliphatic rings. The van der Waals surface area contributed by atoms with Crippen molar-refractivity contribution in [2.75, 3.05) is 0 Å². The first-order valence-corrected chi connectivity index (χ1v) is 9.18. The first-order chi connectivity index (χ1) is 11.7. The van der Waals surface area contributed by atoms with E-state index in [4.69, 9.17) is 0 Å². The zero-order chi connectivity index (χ0) is 17.4. The molecule has 0 saturated heterocycles. The normalized spacial score (nSPS) is 20.0. The van der Waals surface area contributed by atoms with Crippen molar-refractivity contribution < 1.29 is 0 Å². The number of terminal acetylenes is 1. The minimum Gasteiger partial charge on any atom is -0.124 e. The van der Waals surface area contributed by atoms with Gasteiger partial charge in [-0.15, -0.1) is 12.8 Å². The van der Waals surface area contributed by atoms with Crippen LogP contribution in [0.4, 0.5) is 0 Å². The van der Waals surface area contributed by atoms with Gasteiger partial charge in [0.15, 0.2) is 0 Å². The molecule has 0 aliphatic heterocycles. The molecule has 24 heavy (non-hydrogen) atoms. The molecular weight excluding hydrogens is 288 g/mol. The summed E-state index contributed by atoms with van der Waals surface area (Å²) in [5.74, 6) is 1.74. The van der Waals surface area contributed by atoms with Gasteiger partial charge < -0.3 is 0 Å². The van der Waals surface area contributed by atoms with Gasteiger partial charge >= 0.3 is 0 Å². The van der Waals surface area contributed by atoms with Gasteiger partial charge in [-0.3, -0.25) is 0 Å². The summed E-state index contributed by atoms with van der Waals surface area (Å²) >= 11 is 0. The second-order valence-electron chi connectivity index (χ2n) is 7.18. The fraction of sp³-hybridized carbons (Fsp3) is 0.417. The van der Waals surface area contributed by atoms with Crippen molar-refractivity contribution >= 4 is 0 Å². The average Bonchev–Trinajstić information content (AvgIpc) is 2.64. The van der Waals surface area contributed by atoms with Crippen molar-refractivity contribution in [3.63, 3.8) is 0 Å². The van der Waals surface area contributed by atoms with Crippen LogP contribution in [0.5, 0.6) is 0 Å². The zero-order valence-corrected chi connectivity index (χ0v) is 15.2. The number of aryl methyl sites for hydroxylation is 3. The summed E-state index contributed by atoms with van der Waals surface area (Å²) in [5.41, 5.74) is 5.81. The number of benzene rings is 2. The highest BCUT2D eigenvalue weighted by Crippen LogP contribution is 2.35. The van der Waals surface area contributed by atoms with E-state index in [0.29, 0.717) is 0 Å². The molecular formula is C24H30. The van der Waals surface area contributed by atoms with Gasteiger partial charge in [-0.25, -0.2) is 0 Å². The predicted molar refractivity (Wildman–Crippen MR) is 105 cm³/mol. The molecule has 0 heteroatoms. The van der Waals surface area contributed by atoms with Crippen molar-refractivity contribution in [3.05, 3.63) is 70.8 Å². The average molecular weight is 319 g/mol. The Bertz CT molecular complexity index is 607. The minimum absolute atomic E-state index is 0.808. The molecule has 0 unspecified atom stereocenters. The van der Waals surface area contributed by atoms with E-state index < -0.39 is 0 Å². The third-order valence-electron chi connectivity index (χ3n) is 5.29. The minimum atomic E-state index is 0.808. The molecule has 1 fully saturated rings. The van der Waals surface area contributed by atoms with Gasteiger partial charge in [-0.05, 0) is 61.1 Å². The van der Waals surface area contributed by atoms with Crippen LogP contribution in [0.15, 0.2) is 48.5 Å². The summed E-state index contributed by atoms with van der Waals surface area (Å²) < 4.78 is 0. The molecule has 0 atom stereocenters. The van der Waals surface area contributed by atoms with Gasteiger partial charge in [0, 0.05) is 0 Å². The lowest BCUT2D eigenvalue weighted by Crippen LogP contribution is -2.10. The Morgan fingerprint density at radius 1 is 0.750 bits per heavy atom. The monoisotopic (exact) mass is 318 g/mol. The Balaban J connectivity index is 0.00000100. The van der Waals surface area contributed by atoms with Crippen LogP contribution in [0.25, 0.3) is 0 Å². The Labute approximate surface area is 148 Å². The SMILES string of the molecule is C#C.Cc1ccc(CCc2ccc(C3CCC(C)CC3)cc2)cc1. The maximum Gasteiger partial charge on any atom is -0.0162 e. The molecule has 2 aromatic carbocycles. The van der Waals surface area contributed by atoms with Gasteiger partial charge in [-0.2, -0.15) is 0 Å². The molecule has 0 spiro atoms. The van der Waals surface area contributed by atoms with Crippen molar-refractivity contribution in [2.45, 2.75) is 58.3 Å². The summed E-state index contributed by atoms with van der Waals surface area (Å²) in [7, 11) is 0. The summed E-state index contributed by atoms with van der Waals surface area (Å²) in [5, 5.41) is 0. The zero-order valence-electron chi connectivity index (χ0n) is 15.2. The van der Waals surface area contributed by atoms with Crippen molar-refractivity contribution in [2.24, 2.45) is 5.92 Å². The highest BCUT2D eigenvalue weighted by Gasteiger charge is 2.19. The Hall–Kier alpha value is -2.00. The molecule has 0 heterocycles. The van der Waals surface area contributed by atoms with Crippen LogP contribution in [-0.2, 0) is 12.8 Å². The maximum atomic E-state index is 4.00. The molecule has 0 aromatic heterocycles. The first-order valence-electron chi connectivity index (χ1n) is 9.18. The fourth-order valence-corrected chi connectivity index (χ4v) is 3.59. The van der Waals surface area contributed by atoms with E-state index in [9.17, 15) is 0 Å². The van der Waals surface area contributed by atoms with Crippen LogP contribution in [0.2, 0.25) is 0 Å². The number of hydrogen-bond donors (Lipinski definition) is 0. The van der Waals surface area contributed by atoms with Gasteiger partial charge in [0.1, 0.15) is 0 Å². The lowest BCUT2D eigenvalue weighted by molar-refractivity contribution is 0.348. The summed E-state index contributed by atoms with van der Waals surface area (Å²) in [6.45, 7) is 4.54. The van der Waals surface area contributed by atoms with E-state index in [1.165, 1.54) is 42.4 Å². The third-order valence-corrected chi connectivity index (χ3v) is 5.29. The van der Waals surface area contributed by atoms with Crippen LogP contribution < -0.4 is 0 Å². The van der Waals surface area contributed by atoms with Crippen LogP contribution in [0.1, 0.15) is 60.8 Å². The maximum absolute atomic E-state index is 4.00. The highest BCUT2D eigenvalue weighted by molar-refractivity contribution is 5.27. The number of hydrogen-bond acceptors (Lipinski definition) is 0. The molecule has 0 amide bonds. The van der Waals surface area contributed by atoms with E-state index in [2.05, 4.69) is 75.2 Å². The molecule has 0 radical (unpaired) electrons. The summed E-state index contributed by atoms with van der Waals surface area (Å²) in [6, 6.07) is 18.4. The second-order valence-corrected chi connectivity index (χ2v) is 7.18. The topological polar surface area (TPSA) is 0 Å². The standard InChI is InChI=1S/C22H28.C2H2/c1-17-3-7-19(8-4-17)9-10-20-11-15-22(16-12-20)21-13-5-18(2)6-14-21;1-2/h3-4,7-8,11-12,15-16,18,21H,5-6,9-10,13-14H2,1-2H3;1-2H. The Kier molecular flexibility index (Phi) is 7.13. The van der Waals surface area contributed by atoms with E-state index in [1.54, 1.807) is 5.56 Å².